The van der Waals surface area contributed by atoms with Gasteiger partial charge in [-0.1, -0.05) is 42.5 Å². The number of aromatic nitrogens is 2. The van der Waals surface area contributed by atoms with Gasteiger partial charge in [0, 0.05) is 30.5 Å². The molecule has 1 heterocycles. The van der Waals surface area contributed by atoms with Crippen molar-refractivity contribution >= 4 is 22.6 Å². The first kappa shape index (κ1) is 20.8. The third-order valence-electron chi connectivity index (χ3n) is 4.22. The van der Waals surface area contributed by atoms with Crippen molar-refractivity contribution in [2.75, 3.05) is 18.6 Å². The summed E-state index contributed by atoms with van der Waals surface area (Å²) < 4.78 is 9.80. The average molecular weight is 411 g/mol. The van der Waals surface area contributed by atoms with Crippen LogP contribution in [0.5, 0.6) is 5.75 Å². The molecular formula is C22H26N4O2S. The Bertz CT molecular complexity index is 927. The van der Waals surface area contributed by atoms with Gasteiger partial charge in [-0.15, -0.1) is 0 Å². The normalized spacial score (nSPS) is 10.8. The molecule has 0 aliphatic carbocycles. The van der Waals surface area contributed by atoms with E-state index in [1.165, 1.54) is 11.5 Å². The molecule has 0 saturated carbocycles. The molecule has 0 fully saturated rings. The maximum Gasteiger partial charge on any atom is 0.239 e. The first-order valence-corrected chi connectivity index (χ1v) is 10.3. The molecule has 0 radical (unpaired) electrons. The summed E-state index contributed by atoms with van der Waals surface area (Å²) in [6.07, 6.45) is 0.616. The van der Waals surface area contributed by atoms with Crippen LogP contribution in [0.2, 0.25) is 0 Å². The van der Waals surface area contributed by atoms with Gasteiger partial charge in [0.15, 0.2) is 0 Å². The summed E-state index contributed by atoms with van der Waals surface area (Å²) in [6.45, 7) is 4.74. The molecule has 0 spiro atoms. The maximum atomic E-state index is 12.4. The summed E-state index contributed by atoms with van der Waals surface area (Å²) in [5.41, 5.74) is 2.20. The first-order chi connectivity index (χ1) is 14.0. The van der Waals surface area contributed by atoms with Gasteiger partial charge in [-0.3, -0.25) is 4.79 Å². The highest BCUT2D eigenvalue weighted by molar-refractivity contribution is 7.09. The van der Waals surface area contributed by atoms with Crippen molar-refractivity contribution in [3.05, 3.63) is 71.5 Å². The molecule has 3 rings (SSSR count). The largest absolute Gasteiger partial charge is 0.497 e. The number of rotatable bonds is 9. The van der Waals surface area contributed by atoms with E-state index in [1.54, 1.807) is 7.11 Å². The van der Waals surface area contributed by atoms with Crippen LogP contribution in [0.25, 0.3) is 0 Å². The predicted octanol–water partition coefficient (Wildman–Crippen LogP) is 3.67. The number of anilines is 1. The van der Waals surface area contributed by atoms with Gasteiger partial charge in [-0.05, 0) is 37.1 Å². The van der Waals surface area contributed by atoms with E-state index in [4.69, 9.17) is 9.72 Å². The van der Waals surface area contributed by atoms with E-state index in [1.807, 2.05) is 73.3 Å². The second-order valence-corrected chi connectivity index (χ2v) is 7.82. The number of carbonyl (C=O) groups excluding carboxylic acids is 1. The van der Waals surface area contributed by atoms with Crippen molar-refractivity contribution in [3.8, 4) is 5.75 Å². The fourth-order valence-corrected chi connectivity index (χ4v) is 3.63. The third kappa shape index (κ3) is 6.29. The van der Waals surface area contributed by atoms with Gasteiger partial charge in [0.1, 0.15) is 11.6 Å². The summed E-state index contributed by atoms with van der Waals surface area (Å²) in [5.74, 6) is 1.52. The molecule has 7 heteroatoms. The molecule has 1 aromatic heterocycles. The molecule has 0 aliphatic rings. The topological polar surface area (TPSA) is 67.3 Å². The van der Waals surface area contributed by atoms with Gasteiger partial charge in [0.05, 0.1) is 13.7 Å². The SMILES string of the molecule is COc1cccc(Cc2nsc(N(CC(=O)NC(C)C)Cc3ccccc3)n2)c1. The number of methoxy groups -OCH3 is 1. The van der Waals surface area contributed by atoms with Crippen LogP contribution in [0.15, 0.2) is 54.6 Å². The minimum atomic E-state index is -0.0273. The Morgan fingerprint density at radius 2 is 1.90 bits per heavy atom. The molecule has 0 aliphatic heterocycles. The zero-order chi connectivity index (χ0) is 20.6. The van der Waals surface area contributed by atoms with Crippen LogP contribution >= 0.6 is 11.5 Å². The lowest BCUT2D eigenvalue weighted by Gasteiger charge is -2.21. The number of amides is 1. The van der Waals surface area contributed by atoms with E-state index in [-0.39, 0.29) is 18.5 Å². The lowest BCUT2D eigenvalue weighted by atomic mass is 10.1. The minimum absolute atomic E-state index is 0.0273. The Hall–Kier alpha value is -2.93. The van der Waals surface area contributed by atoms with Gasteiger partial charge in [-0.25, -0.2) is 4.98 Å². The lowest BCUT2D eigenvalue weighted by Crippen LogP contribution is -2.40. The Balaban J connectivity index is 1.77. The van der Waals surface area contributed by atoms with Crippen LogP contribution < -0.4 is 15.0 Å². The number of nitrogens with one attached hydrogen (secondary N) is 1. The van der Waals surface area contributed by atoms with Crippen molar-refractivity contribution in [1.29, 1.82) is 0 Å². The maximum absolute atomic E-state index is 12.4. The van der Waals surface area contributed by atoms with Crippen molar-refractivity contribution in [2.45, 2.75) is 32.9 Å². The number of hydrogen-bond acceptors (Lipinski definition) is 6. The summed E-state index contributed by atoms with van der Waals surface area (Å²) in [7, 11) is 1.65. The van der Waals surface area contributed by atoms with E-state index < -0.39 is 0 Å². The van der Waals surface area contributed by atoms with Gasteiger partial charge >= 0.3 is 0 Å². The highest BCUT2D eigenvalue weighted by atomic mass is 32.1. The monoisotopic (exact) mass is 410 g/mol. The second-order valence-electron chi connectivity index (χ2n) is 7.09. The molecule has 152 valence electrons. The molecule has 1 N–H and O–H groups in total. The second kappa shape index (κ2) is 10.0. The molecule has 2 aromatic carbocycles. The van der Waals surface area contributed by atoms with E-state index in [9.17, 15) is 4.79 Å². The zero-order valence-electron chi connectivity index (χ0n) is 17.0. The minimum Gasteiger partial charge on any atom is -0.497 e. The molecule has 0 unspecified atom stereocenters. The number of hydrogen-bond donors (Lipinski definition) is 1. The van der Waals surface area contributed by atoms with Crippen molar-refractivity contribution in [1.82, 2.24) is 14.7 Å². The average Bonchev–Trinajstić information content (AvgIpc) is 3.16. The van der Waals surface area contributed by atoms with E-state index in [0.29, 0.717) is 13.0 Å². The van der Waals surface area contributed by atoms with Crippen LogP contribution in [-0.4, -0.2) is 35.0 Å². The quantitative estimate of drug-likeness (QED) is 0.583. The first-order valence-electron chi connectivity index (χ1n) is 9.57. The van der Waals surface area contributed by atoms with Gasteiger partial charge in [0.25, 0.3) is 0 Å². The Morgan fingerprint density at radius 3 is 2.62 bits per heavy atom. The Kier molecular flexibility index (Phi) is 7.19. The summed E-state index contributed by atoms with van der Waals surface area (Å²) in [6, 6.07) is 18.1. The highest BCUT2D eigenvalue weighted by Gasteiger charge is 2.17. The molecule has 0 saturated heterocycles. The molecule has 3 aromatic rings. The van der Waals surface area contributed by atoms with Crippen LogP contribution in [-0.2, 0) is 17.8 Å². The van der Waals surface area contributed by atoms with Gasteiger partial charge in [0.2, 0.25) is 11.0 Å². The van der Waals surface area contributed by atoms with Crippen LogP contribution in [0.3, 0.4) is 0 Å². The van der Waals surface area contributed by atoms with E-state index >= 15 is 0 Å². The molecule has 29 heavy (non-hydrogen) atoms. The molecular weight excluding hydrogens is 384 g/mol. The van der Waals surface area contributed by atoms with Crippen molar-refractivity contribution in [2.24, 2.45) is 0 Å². The predicted molar refractivity (Wildman–Crippen MR) is 116 cm³/mol. The smallest absolute Gasteiger partial charge is 0.239 e. The molecule has 0 bridgehead atoms. The highest BCUT2D eigenvalue weighted by Crippen LogP contribution is 2.22. The fraction of sp³-hybridized carbons (Fsp3) is 0.318. The van der Waals surface area contributed by atoms with Crippen LogP contribution in [0.4, 0.5) is 5.13 Å². The van der Waals surface area contributed by atoms with Crippen molar-refractivity contribution in [3.63, 3.8) is 0 Å². The summed E-state index contributed by atoms with van der Waals surface area (Å²) in [5, 5.41) is 3.69. The molecule has 1 amide bonds. The Morgan fingerprint density at radius 1 is 1.14 bits per heavy atom. The summed E-state index contributed by atoms with van der Waals surface area (Å²) in [4.78, 5) is 19.1. The number of carbonyl (C=O) groups is 1. The number of ether oxygens (including phenoxy) is 1. The van der Waals surface area contributed by atoms with E-state index in [0.717, 1.165) is 27.8 Å². The number of benzene rings is 2. The van der Waals surface area contributed by atoms with E-state index in [2.05, 4.69) is 9.69 Å². The fourth-order valence-electron chi connectivity index (χ4n) is 2.95. The summed E-state index contributed by atoms with van der Waals surface area (Å²) >= 11 is 1.32. The van der Waals surface area contributed by atoms with Crippen LogP contribution in [0.1, 0.15) is 30.8 Å². The molecule has 0 atom stereocenters. The molecule has 6 nitrogen and oxygen atoms in total. The number of nitrogens with zero attached hydrogens (tertiary/aromatic N) is 3. The lowest BCUT2D eigenvalue weighted by molar-refractivity contribution is -0.120. The van der Waals surface area contributed by atoms with Crippen LogP contribution in [0, 0.1) is 0 Å². The van der Waals surface area contributed by atoms with Crippen molar-refractivity contribution < 1.29 is 9.53 Å². The van der Waals surface area contributed by atoms with Gasteiger partial charge < -0.3 is 15.0 Å². The standard InChI is InChI=1S/C22H26N4O2S/c1-16(2)23-21(27)15-26(14-17-8-5-4-6-9-17)22-24-20(25-29-22)13-18-10-7-11-19(12-18)28-3/h4-12,16H,13-15H2,1-3H3,(H,23,27). The van der Waals surface area contributed by atoms with Gasteiger partial charge in [-0.2, -0.15) is 4.37 Å². The third-order valence-corrected chi connectivity index (χ3v) is 5.04. The zero-order valence-corrected chi connectivity index (χ0v) is 17.8. The Labute approximate surface area is 175 Å².